The van der Waals surface area contributed by atoms with Gasteiger partial charge in [0.15, 0.2) is 0 Å². The summed E-state index contributed by atoms with van der Waals surface area (Å²) in [6, 6.07) is 0. The van der Waals surface area contributed by atoms with E-state index in [9.17, 15) is 0 Å². The molecule has 0 saturated heterocycles. The Kier molecular flexibility index (Phi) is 61.1. The van der Waals surface area contributed by atoms with Crippen molar-refractivity contribution in [2.24, 2.45) is 0 Å². The van der Waals surface area contributed by atoms with Crippen molar-refractivity contribution in [2.45, 2.75) is 90.9 Å². The Bertz CT molecular complexity index is 76.7. The van der Waals surface area contributed by atoms with E-state index in [2.05, 4.69) is 27.7 Å². The standard InChI is InChI=1S/2C8H17.2H2O.Zr/c2*1-3-5-7-8-6-4-2;;;/h2*1,3-8H2,2H3;2*1H2;/q2*-1;;;+2. The Hall–Kier alpha value is 0.803. The van der Waals surface area contributed by atoms with Crippen molar-refractivity contribution >= 4 is 0 Å². The average Bonchev–Trinajstić information content (AvgIpc) is 2.31. The topological polar surface area (TPSA) is 63.0 Å². The van der Waals surface area contributed by atoms with Crippen LogP contribution in [0, 0.1) is 13.8 Å². The molecule has 0 aliphatic heterocycles. The molecular weight excluding hydrogens is 315 g/mol. The first kappa shape index (κ1) is 32.0. The van der Waals surface area contributed by atoms with Crippen LogP contribution in [0.25, 0.3) is 0 Å². The Morgan fingerprint density at radius 2 is 0.789 bits per heavy atom. The molecule has 0 unspecified atom stereocenters. The van der Waals surface area contributed by atoms with Gasteiger partial charge in [0, 0.05) is 0 Å². The maximum Gasteiger partial charge on any atom is 2.00 e. The SMILES string of the molecule is O.O.[CH2-]CCCCCCC.[CH2-]CCCCCCC.[Zr+2]. The zero-order valence-electron chi connectivity index (χ0n) is 13.4. The molecule has 4 N–H and O–H groups in total. The number of hydrogen-bond donors (Lipinski definition) is 0. The zero-order valence-corrected chi connectivity index (χ0v) is 15.9. The predicted octanol–water partition coefficient (Wildman–Crippen LogP) is 4.71. The summed E-state index contributed by atoms with van der Waals surface area (Å²) in [6.45, 7) is 12.0. The first-order valence-corrected chi connectivity index (χ1v) is 7.41. The molecule has 0 aromatic rings. The van der Waals surface area contributed by atoms with E-state index >= 15 is 0 Å². The summed E-state index contributed by atoms with van der Waals surface area (Å²) in [4.78, 5) is 0. The molecule has 0 aliphatic rings. The van der Waals surface area contributed by atoms with Gasteiger partial charge in [-0.25, -0.2) is 0 Å². The molecule has 2 nitrogen and oxygen atoms in total. The van der Waals surface area contributed by atoms with Crippen molar-refractivity contribution in [1.82, 2.24) is 0 Å². The molecule has 0 heterocycles. The molecule has 0 radical (unpaired) electrons. The van der Waals surface area contributed by atoms with E-state index in [0.717, 1.165) is 12.8 Å². The van der Waals surface area contributed by atoms with Gasteiger partial charge in [0.2, 0.25) is 0 Å². The smallest absolute Gasteiger partial charge is 0.412 e. The fourth-order valence-corrected chi connectivity index (χ4v) is 1.56. The van der Waals surface area contributed by atoms with Gasteiger partial charge in [-0.1, -0.05) is 78.1 Å². The van der Waals surface area contributed by atoms with Gasteiger partial charge in [-0.15, -0.1) is 0 Å². The van der Waals surface area contributed by atoms with Gasteiger partial charge < -0.3 is 24.8 Å². The van der Waals surface area contributed by atoms with Crippen molar-refractivity contribution in [3.63, 3.8) is 0 Å². The van der Waals surface area contributed by atoms with Gasteiger partial charge in [-0.05, 0) is 0 Å². The van der Waals surface area contributed by atoms with E-state index < -0.39 is 0 Å². The van der Waals surface area contributed by atoms with Gasteiger partial charge in [-0.2, -0.15) is 12.8 Å². The molecule has 0 spiro atoms. The van der Waals surface area contributed by atoms with E-state index in [1.807, 2.05) is 0 Å². The fourth-order valence-electron chi connectivity index (χ4n) is 1.56. The van der Waals surface area contributed by atoms with Crippen molar-refractivity contribution in [3.05, 3.63) is 13.8 Å². The van der Waals surface area contributed by atoms with Crippen LogP contribution in [0.1, 0.15) is 90.9 Å². The van der Waals surface area contributed by atoms with E-state index in [1.165, 1.54) is 64.2 Å². The molecule has 0 aromatic heterocycles. The summed E-state index contributed by atoms with van der Waals surface area (Å²) in [5.41, 5.74) is 0. The maximum absolute atomic E-state index is 3.78. The first-order valence-electron chi connectivity index (χ1n) is 7.41. The Labute approximate surface area is 141 Å². The van der Waals surface area contributed by atoms with Crippen LogP contribution >= 0.6 is 0 Å². The largest absolute Gasteiger partial charge is 2.00 e. The Balaban J connectivity index is -0.0000000594. The number of unbranched alkanes of at least 4 members (excludes halogenated alkanes) is 10. The van der Waals surface area contributed by atoms with E-state index in [0.29, 0.717) is 0 Å². The molecule has 0 amide bonds. The summed E-state index contributed by atoms with van der Waals surface area (Å²) >= 11 is 0. The molecule has 0 aliphatic carbocycles. The molecule has 0 saturated carbocycles. The molecule has 19 heavy (non-hydrogen) atoms. The molecule has 0 aromatic carbocycles. The Morgan fingerprint density at radius 1 is 0.526 bits per heavy atom. The summed E-state index contributed by atoms with van der Waals surface area (Å²) < 4.78 is 0. The van der Waals surface area contributed by atoms with Crippen LogP contribution in [0.5, 0.6) is 0 Å². The molecule has 0 fully saturated rings. The molecule has 118 valence electrons. The monoisotopic (exact) mass is 352 g/mol. The van der Waals surface area contributed by atoms with Gasteiger partial charge in [0.05, 0.1) is 0 Å². The van der Waals surface area contributed by atoms with Gasteiger partial charge in [-0.3, -0.25) is 0 Å². The van der Waals surface area contributed by atoms with Crippen LogP contribution in [-0.4, -0.2) is 11.0 Å². The third-order valence-electron chi connectivity index (χ3n) is 2.71. The van der Waals surface area contributed by atoms with Gasteiger partial charge >= 0.3 is 26.2 Å². The zero-order chi connectivity index (χ0) is 12.5. The minimum Gasteiger partial charge on any atom is -0.412 e. The van der Waals surface area contributed by atoms with Crippen LogP contribution < -0.4 is 0 Å². The van der Waals surface area contributed by atoms with Gasteiger partial charge in [0.25, 0.3) is 0 Å². The molecule has 0 bridgehead atoms. The van der Waals surface area contributed by atoms with E-state index in [4.69, 9.17) is 0 Å². The van der Waals surface area contributed by atoms with E-state index in [1.54, 1.807) is 0 Å². The minimum atomic E-state index is 0. The predicted molar refractivity (Wildman–Crippen MR) is 84.7 cm³/mol. The second-order valence-electron chi connectivity index (χ2n) is 4.54. The Morgan fingerprint density at radius 3 is 1.00 bits per heavy atom. The van der Waals surface area contributed by atoms with Crippen LogP contribution in [0.4, 0.5) is 0 Å². The second kappa shape index (κ2) is 36.4. The van der Waals surface area contributed by atoms with Crippen LogP contribution in [0.2, 0.25) is 0 Å². The third-order valence-corrected chi connectivity index (χ3v) is 2.71. The average molecular weight is 354 g/mol. The first-order chi connectivity index (χ1) is 7.83. The maximum atomic E-state index is 3.78. The van der Waals surface area contributed by atoms with Crippen molar-refractivity contribution in [1.29, 1.82) is 0 Å². The van der Waals surface area contributed by atoms with Gasteiger partial charge in [0.1, 0.15) is 0 Å². The quantitative estimate of drug-likeness (QED) is 0.403. The van der Waals surface area contributed by atoms with Crippen molar-refractivity contribution in [3.8, 4) is 0 Å². The van der Waals surface area contributed by atoms with E-state index in [-0.39, 0.29) is 37.2 Å². The summed E-state index contributed by atoms with van der Waals surface area (Å²) in [5, 5.41) is 0. The third kappa shape index (κ3) is 45.5. The second-order valence-corrected chi connectivity index (χ2v) is 4.54. The number of hydrogen-bond acceptors (Lipinski definition) is 0. The fraction of sp³-hybridized carbons (Fsp3) is 0.875. The molecular formula is C16H38O2Zr. The van der Waals surface area contributed by atoms with Crippen LogP contribution in [-0.2, 0) is 26.2 Å². The van der Waals surface area contributed by atoms with Crippen LogP contribution in [0.15, 0.2) is 0 Å². The molecule has 3 heteroatoms. The molecule has 0 rings (SSSR count). The summed E-state index contributed by atoms with van der Waals surface area (Å²) in [6.07, 6.45) is 16.0. The van der Waals surface area contributed by atoms with Crippen molar-refractivity contribution in [2.75, 3.05) is 0 Å². The van der Waals surface area contributed by atoms with Crippen molar-refractivity contribution < 1.29 is 37.2 Å². The minimum absolute atomic E-state index is 0. The van der Waals surface area contributed by atoms with Crippen LogP contribution in [0.3, 0.4) is 0 Å². The summed E-state index contributed by atoms with van der Waals surface area (Å²) in [7, 11) is 0. The molecule has 0 atom stereocenters. The normalized spacial score (nSPS) is 8.21. The number of rotatable bonds is 10. The summed E-state index contributed by atoms with van der Waals surface area (Å²) in [5.74, 6) is 0.